The topological polar surface area (TPSA) is 94.1 Å². The van der Waals surface area contributed by atoms with Gasteiger partial charge in [-0.1, -0.05) is 23.7 Å². The first kappa shape index (κ1) is 21.5. The van der Waals surface area contributed by atoms with Crippen LogP contribution in [0, 0.1) is 0 Å². The summed E-state index contributed by atoms with van der Waals surface area (Å²) in [6.45, 7) is 0.636. The van der Waals surface area contributed by atoms with Gasteiger partial charge in [-0.2, -0.15) is 0 Å². The summed E-state index contributed by atoms with van der Waals surface area (Å²) >= 11 is 6.06. The largest absolute Gasteiger partial charge is 0.507 e. The fraction of sp³-hybridized carbons (Fsp3) is 0.286. The fourth-order valence-electron chi connectivity index (χ4n) is 4.08. The van der Waals surface area contributed by atoms with Crippen molar-refractivity contribution >= 4 is 35.0 Å². The van der Waals surface area contributed by atoms with Crippen LogP contribution < -0.4 is 5.43 Å². The Bertz CT molecular complexity index is 1110. The summed E-state index contributed by atoms with van der Waals surface area (Å²) in [7, 11) is 1.90. The Morgan fingerprint density at radius 1 is 1.21 bits per heavy atom. The second-order valence-corrected chi connectivity index (χ2v) is 7.58. The Balaban J connectivity index is 0.00000240. The van der Waals surface area contributed by atoms with E-state index in [0.717, 1.165) is 6.54 Å². The lowest BCUT2D eigenvalue weighted by Crippen LogP contribution is -2.32. The molecule has 29 heavy (non-hydrogen) atoms. The lowest BCUT2D eigenvalue weighted by Gasteiger charge is -2.24. The number of hydrogen-bond donors (Lipinski definition) is 3. The molecule has 0 saturated carbocycles. The molecule has 1 fully saturated rings. The van der Waals surface area contributed by atoms with Gasteiger partial charge >= 0.3 is 0 Å². The van der Waals surface area contributed by atoms with Crippen LogP contribution in [-0.2, 0) is 0 Å². The SMILES string of the molecule is CN1CCC(c2c(O)cc(O)c3c(=O)cc(-c4cccc(Cl)c4)oc23)C1CO.Cl. The first-order valence-corrected chi connectivity index (χ1v) is 9.38. The first-order valence-electron chi connectivity index (χ1n) is 9.00. The average molecular weight is 438 g/mol. The molecule has 1 aliphatic heterocycles. The van der Waals surface area contributed by atoms with Gasteiger partial charge in [-0.3, -0.25) is 4.79 Å². The van der Waals surface area contributed by atoms with E-state index in [0.29, 0.717) is 22.6 Å². The number of fused-ring (bicyclic) bond motifs is 1. The number of halogens is 2. The number of aliphatic hydroxyl groups excluding tert-OH is 1. The molecule has 1 aromatic heterocycles. The average Bonchev–Trinajstić information content (AvgIpc) is 3.01. The van der Waals surface area contributed by atoms with E-state index in [1.165, 1.54) is 12.1 Å². The molecular formula is C21H21Cl2NO5. The van der Waals surface area contributed by atoms with E-state index in [4.69, 9.17) is 16.0 Å². The number of aromatic hydroxyl groups is 2. The van der Waals surface area contributed by atoms with Gasteiger partial charge in [0.05, 0.1) is 6.61 Å². The second kappa shape index (κ2) is 8.24. The minimum atomic E-state index is -0.415. The minimum absolute atomic E-state index is 0. The summed E-state index contributed by atoms with van der Waals surface area (Å²) in [5.74, 6) is -0.446. The van der Waals surface area contributed by atoms with Gasteiger partial charge in [0, 0.05) is 40.2 Å². The summed E-state index contributed by atoms with van der Waals surface area (Å²) in [4.78, 5) is 14.8. The molecule has 3 aromatic rings. The number of aliphatic hydroxyl groups is 1. The van der Waals surface area contributed by atoms with Crippen LogP contribution in [-0.4, -0.2) is 46.5 Å². The zero-order valence-corrected chi connectivity index (χ0v) is 17.2. The smallest absolute Gasteiger partial charge is 0.197 e. The van der Waals surface area contributed by atoms with Crippen molar-refractivity contribution < 1.29 is 19.7 Å². The van der Waals surface area contributed by atoms with Crippen molar-refractivity contribution in [3.05, 3.63) is 57.2 Å². The maximum absolute atomic E-state index is 12.8. The van der Waals surface area contributed by atoms with Crippen LogP contribution in [0.4, 0.5) is 0 Å². The Labute approximate surface area is 178 Å². The van der Waals surface area contributed by atoms with Crippen molar-refractivity contribution in [1.29, 1.82) is 0 Å². The van der Waals surface area contributed by atoms with Crippen molar-refractivity contribution in [3.8, 4) is 22.8 Å². The lowest BCUT2D eigenvalue weighted by atomic mass is 9.89. The number of likely N-dealkylation sites (N-methyl/N-ethyl adjacent to an activating group) is 1. The molecule has 3 N–H and O–H groups in total. The van der Waals surface area contributed by atoms with Gasteiger partial charge in [0.15, 0.2) is 5.43 Å². The van der Waals surface area contributed by atoms with E-state index in [9.17, 15) is 20.1 Å². The maximum Gasteiger partial charge on any atom is 0.197 e. The Morgan fingerprint density at radius 3 is 2.66 bits per heavy atom. The van der Waals surface area contributed by atoms with E-state index in [1.807, 2.05) is 11.9 Å². The summed E-state index contributed by atoms with van der Waals surface area (Å²) in [6.07, 6.45) is 0.681. The van der Waals surface area contributed by atoms with Crippen molar-refractivity contribution in [1.82, 2.24) is 4.90 Å². The van der Waals surface area contributed by atoms with Gasteiger partial charge in [-0.05, 0) is 32.1 Å². The molecule has 2 heterocycles. The molecule has 0 aliphatic carbocycles. The van der Waals surface area contributed by atoms with Crippen LogP contribution in [0.1, 0.15) is 17.9 Å². The zero-order chi connectivity index (χ0) is 20.0. The summed E-state index contributed by atoms with van der Waals surface area (Å²) in [5, 5.41) is 31.2. The molecule has 0 amide bonds. The summed E-state index contributed by atoms with van der Waals surface area (Å²) in [6, 6.07) is 9.15. The molecule has 8 heteroatoms. The predicted molar refractivity (Wildman–Crippen MR) is 114 cm³/mol. The first-order chi connectivity index (χ1) is 13.4. The van der Waals surface area contributed by atoms with Crippen molar-refractivity contribution in [3.63, 3.8) is 0 Å². The molecule has 6 nitrogen and oxygen atoms in total. The molecule has 154 valence electrons. The second-order valence-electron chi connectivity index (χ2n) is 7.14. The van der Waals surface area contributed by atoms with Crippen LogP contribution in [0.2, 0.25) is 5.02 Å². The number of phenolic OH excluding ortho intramolecular Hbond substituents is 2. The number of nitrogens with zero attached hydrogens (tertiary/aromatic N) is 1. The van der Waals surface area contributed by atoms with Crippen molar-refractivity contribution in [2.45, 2.75) is 18.4 Å². The fourth-order valence-corrected chi connectivity index (χ4v) is 4.27. The van der Waals surface area contributed by atoms with Gasteiger partial charge in [0.2, 0.25) is 0 Å². The number of benzene rings is 2. The van der Waals surface area contributed by atoms with E-state index in [2.05, 4.69) is 0 Å². The van der Waals surface area contributed by atoms with E-state index >= 15 is 0 Å². The van der Waals surface area contributed by atoms with Gasteiger partial charge in [0.25, 0.3) is 0 Å². The molecular weight excluding hydrogens is 417 g/mol. The van der Waals surface area contributed by atoms with Gasteiger partial charge in [0.1, 0.15) is 28.2 Å². The molecule has 2 atom stereocenters. The predicted octanol–water partition coefficient (Wildman–Crippen LogP) is 3.73. The van der Waals surface area contributed by atoms with Crippen molar-refractivity contribution in [2.24, 2.45) is 0 Å². The highest BCUT2D eigenvalue weighted by Gasteiger charge is 2.36. The van der Waals surface area contributed by atoms with E-state index in [-0.39, 0.29) is 59.2 Å². The molecule has 1 saturated heterocycles. The third kappa shape index (κ3) is 3.69. The summed E-state index contributed by atoms with van der Waals surface area (Å²) in [5.41, 5.74) is 0.764. The van der Waals surface area contributed by atoms with Gasteiger partial charge < -0.3 is 24.6 Å². The molecule has 0 spiro atoms. The number of phenols is 2. The van der Waals surface area contributed by atoms with Crippen molar-refractivity contribution in [2.75, 3.05) is 20.2 Å². The normalized spacial score (nSPS) is 19.4. The Morgan fingerprint density at radius 2 is 1.97 bits per heavy atom. The van der Waals surface area contributed by atoms with Crippen LogP contribution in [0.3, 0.4) is 0 Å². The zero-order valence-electron chi connectivity index (χ0n) is 15.6. The number of hydrogen-bond acceptors (Lipinski definition) is 6. The standard InChI is InChI=1S/C21H20ClNO5.ClH/c1-23-6-5-13(14(23)10-24)19-15(25)8-16(26)20-17(27)9-18(28-21(19)20)11-3-2-4-12(22)7-11;/h2-4,7-9,13-14,24-26H,5-6,10H2,1H3;1H. The molecule has 0 bridgehead atoms. The highest BCUT2D eigenvalue weighted by atomic mass is 35.5. The number of rotatable bonds is 3. The van der Waals surface area contributed by atoms with Crippen LogP contribution in [0.5, 0.6) is 11.5 Å². The monoisotopic (exact) mass is 437 g/mol. The van der Waals surface area contributed by atoms with Crippen LogP contribution >= 0.6 is 24.0 Å². The maximum atomic E-state index is 12.8. The van der Waals surface area contributed by atoms with Crippen LogP contribution in [0.25, 0.3) is 22.3 Å². The summed E-state index contributed by atoms with van der Waals surface area (Å²) < 4.78 is 6.04. The molecule has 4 rings (SSSR count). The van der Waals surface area contributed by atoms with Crippen LogP contribution in [0.15, 0.2) is 45.6 Å². The third-order valence-electron chi connectivity index (χ3n) is 5.49. The highest BCUT2D eigenvalue weighted by molar-refractivity contribution is 6.30. The van der Waals surface area contributed by atoms with E-state index in [1.54, 1.807) is 24.3 Å². The van der Waals surface area contributed by atoms with E-state index < -0.39 is 5.43 Å². The Hall–Kier alpha value is -2.25. The molecule has 1 aliphatic rings. The molecule has 2 unspecified atom stereocenters. The van der Waals surface area contributed by atoms with Gasteiger partial charge in [-0.25, -0.2) is 0 Å². The molecule has 0 radical (unpaired) electrons. The lowest BCUT2D eigenvalue weighted by molar-refractivity contribution is 0.172. The highest BCUT2D eigenvalue weighted by Crippen LogP contribution is 2.44. The molecule has 2 aromatic carbocycles. The third-order valence-corrected chi connectivity index (χ3v) is 5.72. The minimum Gasteiger partial charge on any atom is -0.507 e. The van der Waals surface area contributed by atoms with Gasteiger partial charge in [-0.15, -0.1) is 12.4 Å². The number of likely N-dealkylation sites (tertiary alicyclic amines) is 1. The quantitative estimate of drug-likeness (QED) is 0.577. The Kier molecular flexibility index (Phi) is 6.10.